The Morgan fingerprint density at radius 2 is 1.51 bits per heavy atom. The molecule has 3 heterocycles. The Morgan fingerprint density at radius 1 is 0.714 bits per heavy atom. The van der Waals surface area contributed by atoms with Crippen LogP contribution >= 0.6 is 0 Å². The molecule has 0 atom stereocenters. The molecule has 0 amide bonds. The second-order valence-corrected chi connectivity index (χ2v) is 9.58. The van der Waals surface area contributed by atoms with Gasteiger partial charge in [-0.15, -0.1) is 22.9 Å². The lowest BCUT2D eigenvalue weighted by atomic mass is 9.98. The molecule has 0 aliphatic heterocycles. The van der Waals surface area contributed by atoms with E-state index in [0.29, 0.717) is 0 Å². The highest BCUT2D eigenvalue weighted by Crippen LogP contribution is 2.38. The van der Waals surface area contributed by atoms with Gasteiger partial charge in [-0.2, -0.15) is 22.4 Å². The monoisotopic (exact) mass is 446 g/mol. The van der Waals surface area contributed by atoms with Crippen LogP contribution in [-0.2, 0) is 0 Å². The molecule has 0 spiro atoms. The molecule has 2 nitrogen and oxygen atoms in total. The summed E-state index contributed by atoms with van der Waals surface area (Å²) < 4.78 is 4.58. The van der Waals surface area contributed by atoms with Gasteiger partial charge in [0.25, 0.3) is 0 Å². The highest BCUT2D eigenvalue weighted by molar-refractivity contribution is 6.24. The van der Waals surface area contributed by atoms with Crippen LogP contribution in [0.5, 0.6) is 0 Å². The predicted molar refractivity (Wildman–Crippen MR) is 144 cm³/mol. The third kappa shape index (κ3) is 2.29. The zero-order chi connectivity index (χ0) is 23.3. The minimum absolute atomic E-state index is 1.13. The van der Waals surface area contributed by atoms with E-state index in [0.717, 1.165) is 10.9 Å². The molecule has 5 aromatic carbocycles. The van der Waals surface area contributed by atoms with E-state index >= 15 is 0 Å². The number of hydrogen-bond donors (Lipinski definition) is 0. The fourth-order valence-electron chi connectivity index (χ4n) is 6.28. The van der Waals surface area contributed by atoms with E-state index in [9.17, 15) is 0 Å². The van der Waals surface area contributed by atoms with E-state index in [2.05, 4.69) is 125 Å². The number of para-hydroxylation sites is 2. The Labute approximate surface area is 201 Å². The van der Waals surface area contributed by atoms with Crippen LogP contribution in [-0.4, -0.2) is 0 Å². The number of pyridine rings is 1. The topological polar surface area (TPSA) is 10.0 Å². The smallest absolute Gasteiger partial charge is 0.217 e. The zero-order valence-corrected chi connectivity index (χ0v) is 19.4. The third-order valence-corrected chi connectivity index (χ3v) is 7.75. The lowest BCUT2D eigenvalue weighted by Gasteiger charge is -2.07. The molecule has 0 radical (unpaired) electrons. The number of hydrogen-bond acceptors (Lipinski definition) is 0. The number of aryl methyl sites for hydroxylation is 1. The predicted octanol–water partition coefficient (Wildman–Crippen LogP) is 6.87. The SMILES string of the molecule is C=[n+]1c(=c2c(C)cc3c4cccc[c-]4[n+]4c3c2c2c3ccccc3cc[c-]24)ccc2ccccc21. The molecule has 0 saturated carbocycles. The van der Waals surface area contributed by atoms with Gasteiger partial charge in [0.05, 0.1) is 11.0 Å². The quantitative estimate of drug-likeness (QED) is 0.178. The molecule has 164 valence electrons. The van der Waals surface area contributed by atoms with Gasteiger partial charge in [-0.25, -0.2) is 0 Å². The van der Waals surface area contributed by atoms with Crippen molar-refractivity contribution in [1.82, 2.24) is 0 Å². The summed E-state index contributed by atoms with van der Waals surface area (Å²) in [5.74, 6) is 0. The maximum Gasteiger partial charge on any atom is 0.217 e. The fraction of sp³-hybridized carbons (Fsp3) is 0.0303. The Bertz CT molecular complexity index is 2300. The van der Waals surface area contributed by atoms with Crippen LogP contribution < -0.4 is 8.64 Å². The van der Waals surface area contributed by atoms with E-state index in [1.165, 1.54) is 65.0 Å². The highest BCUT2D eigenvalue weighted by atomic mass is 14.9. The zero-order valence-electron chi connectivity index (χ0n) is 19.4. The minimum atomic E-state index is 1.13. The van der Waals surface area contributed by atoms with E-state index in [1.807, 2.05) is 0 Å². The van der Waals surface area contributed by atoms with Gasteiger partial charge in [-0.05, 0) is 52.2 Å². The van der Waals surface area contributed by atoms with Crippen LogP contribution in [0.2, 0.25) is 0 Å². The number of rotatable bonds is 0. The van der Waals surface area contributed by atoms with Crippen LogP contribution in [0, 0.1) is 24.2 Å². The Morgan fingerprint density at radius 3 is 2.43 bits per heavy atom. The van der Waals surface area contributed by atoms with Crippen LogP contribution in [0.15, 0.2) is 103 Å². The average Bonchev–Trinajstić information content (AvgIpc) is 3.41. The van der Waals surface area contributed by atoms with Crippen LogP contribution in [0.1, 0.15) is 5.56 Å². The van der Waals surface area contributed by atoms with Crippen molar-refractivity contribution in [2.24, 2.45) is 0 Å². The van der Waals surface area contributed by atoms with E-state index in [-0.39, 0.29) is 0 Å². The largest absolute Gasteiger partial charge is 0.326 e. The van der Waals surface area contributed by atoms with Crippen LogP contribution in [0.3, 0.4) is 0 Å². The second kappa shape index (κ2) is 6.52. The van der Waals surface area contributed by atoms with Crippen molar-refractivity contribution in [3.63, 3.8) is 0 Å². The molecule has 0 fully saturated rings. The first-order chi connectivity index (χ1) is 17.2. The number of aromatic nitrogens is 2. The van der Waals surface area contributed by atoms with Crippen molar-refractivity contribution in [2.45, 2.75) is 6.92 Å². The third-order valence-electron chi connectivity index (χ3n) is 7.75. The summed E-state index contributed by atoms with van der Waals surface area (Å²) in [6.07, 6.45) is 0. The van der Waals surface area contributed by atoms with Crippen molar-refractivity contribution in [2.75, 3.05) is 0 Å². The van der Waals surface area contributed by atoms with Gasteiger partial charge in [0.1, 0.15) is 12.2 Å². The Kier molecular flexibility index (Phi) is 3.51. The number of fused-ring (bicyclic) bond motifs is 9. The van der Waals surface area contributed by atoms with Gasteiger partial charge in [0.15, 0.2) is 0 Å². The molecule has 0 N–H and O–H groups in total. The van der Waals surface area contributed by atoms with Gasteiger partial charge in [-0.3, -0.25) is 0 Å². The molecule has 8 aromatic rings. The van der Waals surface area contributed by atoms with Crippen molar-refractivity contribution in [3.8, 4) is 0 Å². The molecule has 8 rings (SSSR count). The molecule has 0 bridgehead atoms. The van der Waals surface area contributed by atoms with Crippen molar-refractivity contribution in [1.29, 1.82) is 0 Å². The summed E-state index contributed by atoms with van der Waals surface area (Å²) in [6, 6.07) is 37.4. The summed E-state index contributed by atoms with van der Waals surface area (Å²) in [5.41, 5.74) is 6.21. The molecule has 0 aliphatic rings. The summed E-state index contributed by atoms with van der Waals surface area (Å²) in [6.45, 7) is 6.76. The second-order valence-electron chi connectivity index (χ2n) is 9.58. The normalized spacial score (nSPS) is 13.3. The molecule has 0 saturated heterocycles. The first-order valence-electron chi connectivity index (χ1n) is 12.1. The van der Waals surface area contributed by atoms with Crippen LogP contribution in [0.25, 0.3) is 59.8 Å². The maximum absolute atomic E-state index is 4.51. The average molecular weight is 447 g/mol. The lowest BCUT2D eigenvalue weighted by Crippen LogP contribution is -2.18. The number of benzene rings is 5. The van der Waals surface area contributed by atoms with Gasteiger partial charge < -0.3 is 4.40 Å². The summed E-state index contributed by atoms with van der Waals surface area (Å²) in [5, 5.41) is 11.4. The maximum atomic E-state index is 4.51. The molecule has 3 aromatic heterocycles. The summed E-state index contributed by atoms with van der Waals surface area (Å²) in [4.78, 5) is 0. The van der Waals surface area contributed by atoms with Gasteiger partial charge in [-0.1, -0.05) is 42.5 Å². The van der Waals surface area contributed by atoms with Gasteiger partial charge in [0.2, 0.25) is 10.9 Å². The lowest BCUT2D eigenvalue weighted by molar-refractivity contribution is -0.479. The molecular weight excluding hydrogens is 424 g/mol. The minimum Gasteiger partial charge on any atom is -0.326 e. The van der Waals surface area contributed by atoms with Crippen molar-refractivity contribution >= 4 is 59.8 Å². The molecule has 0 aliphatic carbocycles. The van der Waals surface area contributed by atoms with Gasteiger partial charge >= 0.3 is 0 Å². The molecule has 2 heteroatoms. The first-order valence-corrected chi connectivity index (χ1v) is 12.1. The first kappa shape index (κ1) is 18.8. The molecule has 0 unspecified atom stereocenters. The Hall–Kier alpha value is -4.56. The number of nitrogens with zero attached hydrogens (tertiary/aromatic N) is 2. The Balaban J connectivity index is 1.82. The molecular formula is C33H22N2. The van der Waals surface area contributed by atoms with E-state index < -0.39 is 0 Å². The summed E-state index contributed by atoms with van der Waals surface area (Å²) in [7, 11) is 0. The standard InChI is InChI=1S/C33H22N2/c1-20-19-25-24-12-6-8-14-27(24)35-29-18-15-21-9-3-5-11-23(21)31(29)32(33(25)35)30(20)28-17-16-22-10-4-7-13-26(22)34(28)2/h3-19H,2H2,1H3. The van der Waals surface area contributed by atoms with Crippen molar-refractivity contribution < 1.29 is 8.64 Å². The highest BCUT2D eigenvalue weighted by Gasteiger charge is 2.20. The summed E-state index contributed by atoms with van der Waals surface area (Å²) >= 11 is 0. The van der Waals surface area contributed by atoms with Crippen molar-refractivity contribution in [3.05, 3.63) is 126 Å². The van der Waals surface area contributed by atoms with E-state index in [1.54, 1.807) is 0 Å². The van der Waals surface area contributed by atoms with E-state index in [4.69, 9.17) is 0 Å². The molecule has 35 heavy (non-hydrogen) atoms. The van der Waals surface area contributed by atoms with Gasteiger partial charge in [0, 0.05) is 22.7 Å². The fourth-order valence-corrected chi connectivity index (χ4v) is 6.28. The van der Waals surface area contributed by atoms with Crippen LogP contribution in [0.4, 0.5) is 0 Å².